The van der Waals surface area contributed by atoms with Crippen LogP contribution in [0, 0.1) is 12.8 Å². The molecule has 4 aromatic rings. The summed E-state index contributed by atoms with van der Waals surface area (Å²) in [5.41, 5.74) is 6.33. The molecule has 1 fully saturated rings. The van der Waals surface area contributed by atoms with Gasteiger partial charge in [-0.25, -0.2) is 0 Å². The normalized spacial score (nSPS) is 16.8. The van der Waals surface area contributed by atoms with Gasteiger partial charge in [-0.05, 0) is 53.3 Å². The average molecular weight is 534 g/mol. The summed E-state index contributed by atoms with van der Waals surface area (Å²) in [5.74, 6) is 1.53. The van der Waals surface area contributed by atoms with Crippen molar-refractivity contribution in [1.29, 1.82) is 0 Å². The fourth-order valence-corrected chi connectivity index (χ4v) is 5.70. The second-order valence-corrected chi connectivity index (χ2v) is 10.7. The molecule has 0 saturated carbocycles. The maximum absolute atomic E-state index is 14.3. The van der Waals surface area contributed by atoms with Crippen molar-refractivity contribution in [2.75, 3.05) is 33.0 Å². The molecule has 5 heteroatoms. The van der Waals surface area contributed by atoms with Gasteiger partial charge in [-0.1, -0.05) is 84.9 Å². The van der Waals surface area contributed by atoms with Crippen LogP contribution in [0.4, 0.5) is 0 Å². The highest BCUT2D eigenvalue weighted by Crippen LogP contribution is 2.40. The molecule has 6 rings (SSSR count). The maximum Gasteiger partial charge on any atom is 0.234 e. The van der Waals surface area contributed by atoms with Gasteiger partial charge < -0.3 is 19.1 Å². The van der Waals surface area contributed by atoms with E-state index >= 15 is 0 Å². The van der Waals surface area contributed by atoms with Crippen molar-refractivity contribution < 1.29 is 19.0 Å². The molecule has 4 aromatic carbocycles. The zero-order valence-electron chi connectivity index (χ0n) is 22.9. The van der Waals surface area contributed by atoms with Crippen molar-refractivity contribution in [2.45, 2.75) is 25.8 Å². The number of rotatable bonds is 7. The van der Waals surface area contributed by atoms with E-state index in [0.717, 1.165) is 59.0 Å². The fraction of sp³-hybridized carbons (Fsp3) is 0.286. The third kappa shape index (κ3) is 5.61. The molecule has 2 aliphatic heterocycles. The number of hydrogen-bond donors (Lipinski definition) is 0. The number of carbonyl (C=O) groups excluding carboxylic acids is 1. The summed E-state index contributed by atoms with van der Waals surface area (Å²) in [5, 5.41) is 0. The van der Waals surface area contributed by atoms with Gasteiger partial charge in [0.1, 0.15) is 6.61 Å². The number of carbonyl (C=O) groups is 1. The fourth-order valence-electron chi connectivity index (χ4n) is 5.70. The Morgan fingerprint density at radius 1 is 0.925 bits per heavy atom. The molecule has 1 atom stereocenters. The molecule has 0 bridgehead atoms. The van der Waals surface area contributed by atoms with Crippen molar-refractivity contribution in [3.63, 3.8) is 0 Å². The van der Waals surface area contributed by atoms with Gasteiger partial charge in [0.15, 0.2) is 11.5 Å². The number of fused-ring (bicyclic) bond motifs is 1. The lowest BCUT2D eigenvalue weighted by Crippen LogP contribution is -2.36. The highest BCUT2D eigenvalue weighted by atomic mass is 16.5. The highest BCUT2D eigenvalue weighted by Gasteiger charge is 2.31. The second kappa shape index (κ2) is 12.0. The zero-order valence-corrected chi connectivity index (χ0v) is 22.9. The molecule has 2 heterocycles. The Balaban J connectivity index is 1.36. The monoisotopic (exact) mass is 533 g/mol. The lowest BCUT2D eigenvalue weighted by molar-refractivity contribution is -0.132. The molecule has 1 amide bonds. The minimum Gasteiger partial charge on any atom is -0.489 e. The van der Waals surface area contributed by atoms with Crippen molar-refractivity contribution >= 4 is 5.91 Å². The predicted molar refractivity (Wildman–Crippen MR) is 157 cm³/mol. The van der Waals surface area contributed by atoms with Crippen LogP contribution < -0.4 is 9.47 Å². The van der Waals surface area contributed by atoms with Crippen LogP contribution in [0.3, 0.4) is 0 Å². The van der Waals surface area contributed by atoms with Gasteiger partial charge in [-0.2, -0.15) is 0 Å². The summed E-state index contributed by atoms with van der Waals surface area (Å²) in [7, 11) is 0. The minimum atomic E-state index is -0.387. The Morgan fingerprint density at radius 2 is 1.62 bits per heavy atom. The molecule has 0 radical (unpaired) electrons. The number of benzene rings is 4. The van der Waals surface area contributed by atoms with Crippen LogP contribution in [-0.4, -0.2) is 43.8 Å². The molecule has 5 nitrogen and oxygen atoms in total. The molecule has 1 saturated heterocycles. The Morgan fingerprint density at radius 3 is 2.30 bits per heavy atom. The van der Waals surface area contributed by atoms with Gasteiger partial charge in [0, 0.05) is 24.6 Å². The van der Waals surface area contributed by atoms with Gasteiger partial charge in [0.05, 0.1) is 25.7 Å². The largest absolute Gasteiger partial charge is 0.489 e. The van der Waals surface area contributed by atoms with E-state index in [9.17, 15) is 4.79 Å². The lowest BCUT2D eigenvalue weighted by Gasteiger charge is -2.26. The van der Waals surface area contributed by atoms with Crippen LogP contribution in [0.1, 0.15) is 34.6 Å². The second-order valence-electron chi connectivity index (χ2n) is 10.7. The van der Waals surface area contributed by atoms with Crippen LogP contribution in [-0.2, 0) is 16.1 Å². The van der Waals surface area contributed by atoms with E-state index in [4.69, 9.17) is 14.2 Å². The summed E-state index contributed by atoms with van der Waals surface area (Å²) in [6.07, 6.45) is 1.00. The van der Waals surface area contributed by atoms with Crippen LogP contribution in [0.5, 0.6) is 11.5 Å². The first-order valence-electron chi connectivity index (χ1n) is 14.1. The molecular weight excluding hydrogens is 498 g/mol. The van der Waals surface area contributed by atoms with Crippen LogP contribution in [0.2, 0.25) is 0 Å². The third-order valence-electron chi connectivity index (χ3n) is 7.88. The van der Waals surface area contributed by atoms with E-state index in [1.807, 2.05) is 65.6 Å². The van der Waals surface area contributed by atoms with Gasteiger partial charge in [0.25, 0.3) is 0 Å². The van der Waals surface area contributed by atoms with E-state index < -0.39 is 0 Å². The Hall–Kier alpha value is -4.09. The minimum absolute atomic E-state index is 0.0701. The van der Waals surface area contributed by atoms with Gasteiger partial charge in [-0.3, -0.25) is 4.79 Å². The number of nitrogens with zero attached hydrogens (tertiary/aromatic N) is 1. The Bertz CT molecular complexity index is 1410. The molecule has 0 aliphatic carbocycles. The summed E-state index contributed by atoms with van der Waals surface area (Å²) < 4.78 is 18.3. The number of amides is 1. The first-order chi connectivity index (χ1) is 19.7. The molecule has 204 valence electrons. The third-order valence-corrected chi connectivity index (χ3v) is 7.88. The van der Waals surface area contributed by atoms with E-state index in [2.05, 4.69) is 43.3 Å². The molecular formula is C35H35NO4. The Kier molecular flexibility index (Phi) is 7.83. The summed E-state index contributed by atoms with van der Waals surface area (Å²) in [6, 6.07) is 32.7. The smallest absolute Gasteiger partial charge is 0.234 e. The molecule has 40 heavy (non-hydrogen) atoms. The van der Waals surface area contributed by atoms with Crippen molar-refractivity contribution in [2.24, 2.45) is 5.92 Å². The summed E-state index contributed by atoms with van der Waals surface area (Å²) in [6.45, 7) is 5.57. The topological polar surface area (TPSA) is 48.0 Å². The molecule has 2 aliphatic rings. The van der Waals surface area contributed by atoms with Crippen LogP contribution in [0.15, 0.2) is 97.1 Å². The summed E-state index contributed by atoms with van der Waals surface area (Å²) in [4.78, 5) is 16.2. The van der Waals surface area contributed by atoms with E-state index in [1.54, 1.807) is 0 Å². The quantitative estimate of drug-likeness (QED) is 0.268. The molecule has 0 N–H and O–H groups in total. The molecule has 0 aromatic heterocycles. The van der Waals surface area contributed by atoms with Gasteiger partial charge >= 0.3 is 0 Å². The zero-order chi connectivity index (χ0) is 27.3. The Labute approximate surface area is 236 Å². The predicted octanol–water partition coefficient (Wildman–Crippen LogP) is 6.63. The molecule has 0 spiro atoms. The van der Waals surface area contributed by atoms with Crippen molar-refractivity contribution in [1.82, 2.24) is 4.90 Å². The molecule has 1 unspecified atom stereocenters. The van der Waals surface area contributed by atoms with Crippen molar-refractivity contribution in [3.05, 3.63) is 119 Å². The first-order valence-corrected chi connectivity index (χ1v) is 14.1. The number of ether oxygens (including phenoxy) is 3. The lowest BCUT2D eigenvalue weighted by atomic mass is 9.89. The SMILES string of the molecule is Cc1ccccc1-c1cc2c(c(OCC3CCOC3)c1)OCCN(C(=O)C(c1ccccc1)c1ccccc1)C2. The maximum atomic E-state index is 14.3. The van der Waals surface area contributed by atoms with Crippen molar-refractivity contribution in [3.8, 4) is 22.6 Å². The summed E-state index contributed by atoms with van der Waals surface area (Å²) >= 11 is 0. The van der Waals surface area contributed by atoms with Crippen LogP contribution in [0.25, 0.3) is 11.1 Å². The highest BCUT2D eigenvalue weighted by molar-refractivity contribution is 5.87. The van der Waals surface area contributed by atoms with Gasteiger partial charge in [-0.15, -0.1) is 0 Å². The van der Waals surface area contributed by atoms with Crippen LogP contribution >= 0.6 is 0 Å². The van der Waals surface area contributed by atoms with Gasteiger partial charge in [0.2, 0.25) is 5.91 Å². The average Bonchev–Trinajstić information content (AvgIpc) is 3.42. The van der Waals surface area contributed by atoms with E-state index in [1.165, 1.54) is 5.56 Å². The number of hydrogen-bond acceptors (Lipinski definition) is 4. The number of aryl methyl sites for hydroxylation is 1. The standard InChI is InChI=1S/C35H35NO4/c1-25-10-8-9-15-31(25)29-20-30-22-36(17-19-39-34(30)32(21-29)40-24-26-16-18-38-23-26)35(37)33(27-11-4-2-5-12-27)28-13-6-3-7-14-28/h2-15,20-21,26,33H,16-19,22-24H2,1H3. The van der Waals surface area contributed by atoms with E-state index in [-0.39, 0.29) is 11.8 Å². The van der Waals surface area contributed by atoms with E-state index in [0.29, 0.717) is 32.2 Å². The first kappa shape index (κ1) is 26.1.